The van der Waals surface area contributed by atoms with Crippen LogP contribution in [0.25, 0.3) is 0 Å². The molecule has 0 atom stereocenters. The second-order valence-electron chi connectivity index (χ2n) is 3.65. The first-order valence-corrected chi connectivity index (χ1v) is 6.53. The van der Waals surface area contributed by atoms with E-state index in [1.54, 1.807) is 24.3 Å². The number of esters is 2. The molecule has 0 aromatic heterocycles. The molecule has 0 unspecified atom stereocenters. The summed E-state index contributed by atoms with van der Waals surface area (Å²) in [4.78, 5) is 22.6. The molecule has 0 aliphatic heterocycles. The average Bonchev–Trinajstić information content (AvgIpc) is 2.36. The smallest absolute Gasteiger partial charge is 0.311 e. The highest BCUT2D eigenvalue weighted by atomic mass is 79.9. The number of halogens is 1. The molecule has 1 rings (SSSR count). The minimum absolute atomic E-state index is 0.0264. The van der Waals surface area contributed by atoms with Crippen LogP contribution < -0.4 is 4.74 Å². The highest BCUT2D eigenvalue weighted by Crippen LogP contribution is 2.16. The van der Waals surface area contributed by atoms with Crippen molar-refractivity contribution in [3.8, 4) is 5.75 Å². The van der Waals surface area contributed by atoms with Gasteiger partial charge in [0.25, 0.3) is 0 Å². The van der Waals surface area contributed by atoms with E-state index in [9.17, 15) is 9.59 Å². The first-order chi connectivity index (χ1) is 8.61. The zero-order valence-electron chi connectivity index (χ0n) is 10.1. The van der Waals surface area contributed by atoms with Gasteiger partial charge in [-0.1, -0.05) is 22.9 Å². The Morgan fingerprint density at radius 3 is 2.33 bits per heavy atom. The van der Waals surface area contributed by atoms with Crippen LogP contribution in [-0.2, 0) is 14.3 Å². The quantitative estimate of drug-likeness (QED) is 0.598. The Morgan fingerprint density at radius 2 is 1.72 bits per heavy atom. The van der Waals surface area contributed by atoms with Crippen LogP contribution in [-0.4, -0.2) is 18.5 Å². The second kappa shape index (κ2) is 7.87. The summed E-state index contributed by atoms with van der Waals surface area (Å²) in [5.41, 5.74) is 0. The molecular formula is C13H15BrO4. The molecule has 4 nitrogen and oxygen atoms in total. The molecule has 1 aromatic rings. The summed E-state index contributed by atoms with van der Waals surface area (Å²) in [7, 11) is 0. The van der Waals surface area contributed by atoms with Crippen molar-refractivity contribution in [2.75, 3.05) is 6.61 Å². The largest absolute Gasteiger partial charge is 0.466 e. The molecule has 5 heteroatoms. The molecule has 0 aliphatic carbocycles. The van der Waals surface area contributed by atoms with Crippen molar-refractivity contribution in [3.05, 3.63) is 28.7 Å². The first kappa shape index (κ1) is 14.7. The van der Waals surface area contributed by atoms with Crippen molar-refractivity contribution in [3.63, 3.8) is 0 Å². The number of hydrogen-bond donors (Lipinski definition) is 0. The average molecular weight is 315 g/mol. The van der Waals surface area contributed by atoms with Gasteiger partial charge in [-0.2, -0.15) is 0 Å². The van der Waals surface area contributed by atoms with Crippen LogP contribution in [0.2, 0.25) is 0 Å². The number of benzene rings is 1. The molecule has 0 saturated heterocycles. The van der Waals surface area contributed by atoms with Crippen molar-refractivity contribution < 1.29 is 19.1 Å². The molecule has 0 spiro atoms. The van der Waals surface area contributed by atoms with Crippen molar-refractivity contribution in [2.24, 2.45) is 0 Å². The van der Waals surface area contributed by atoms with Gasteiger partial charge in [0, 0.05) is 4.47 Å². The molecule has 0 amide bonds. The Morgan fingerprint density at radius 1 is 1.11 bits per heavy atom. The van der Waals surface area contributed by atoms with Crippen LogP contribution in [0.3, 0.4) is 0 Å². The van der Waals surface area contributed by atoms with Gasteiger partial charge in [-0.25, -0.2) is 0 Å². The maximum atomic E-state index is 11.4. The SMILES string of the molecule is CCCOC(=O)CCC(=O)Oc1ccc(Br)cc1. The maximum Gasteiger partial charge on any atom is 0.311 e. The molecule has 0 radical (unpaired) electrons. The van der Waals surface area contributed by atoms with Crippen molar-refractivity contribution in [1.29, 1.82) is 0 Å². The van der Waals surface area contributed by atoms with Gasteiger partial charge >= 0.3 is 11.9 Å². The third kappa shape index (κ3) is 5.82. The van der Waals surface area contributed by atoms with Gasteiger partial charge in [0.15, 0.2) is 0 Å². The first-order valence-electron chi connectivity index (χ1n) is 5.73. The fourth-order valence-electron chi connectivity index (χ4n) is 1.18. The number of ether oxygens (including phenoxy) is 2. The lowest BCUT2D eigenvalue weighted by molar-refractivity contribution is -0.146. The molecule has 0 heterocycles. The topological polar surface area (TPSA) is 52.6 Å². The summed E-state index contributed by atoms with van der Waals surface area (Å²) < 4.78 is 10.8. The Bertz CT molecular complexity index is 400. The van der Waals surface area contributed by atoms with E-state index in [0.29, 0.717) is 12.4 Å². The predicted molar refractivity (Wildman–Crippen MR) is 70.3 cm³/mol. The molecule has 98 valence electrons. The van der Waals surface area contributed by atoms with Gasteiger partial charge < -0.3 is 9.47 Å². The summed E-state index contributed by atoms with van der Waals surface area (Å²) in [5, 5.41) is 0. The summed E-state index contributed by atoms with van der Waals surface area (Å²) in [6.45, 7) is 2.30. The van der Waals surface area contributed by atoms with Crippen LogP contribution in [0.15, 0.2) is 28.7 Å². The van der Waals surface area contributed by atoms with Gasteiger partial charge in [0.05, 0.1) is 19.4 Å². The molecule has 0 fully saturated rings. The fourth-order valence-corrected chi connectivity index (χ4v) is 1.44. The Hall–Kier alpha value is -1.36. The predicted octanol–water partition coefficient (Wildman–Crippen LogP) is 3.09. The van der Waals surface area contributed by atoms with Gasteiger partial charge in [-0.3, -0.25) is 9.59 Å². The number of carbonyl (C=O) groups excluding carboxylic acids is 2. The lowest BCUT2D eigenvalue weighted by Gasteiger charge is -2.04. The van der Waals surface area contributed by atoms with E-state index < -0.39 is 5.97 Å². The van der Waals surface area contributed by atoms with Gasteiger partial charge in [0.2, 0.25) is 0 Å². The highest BCUT2D eigenvalue weighted by Gasteiger charge is 2.09. The molecule has 0 bridgehead atoms. The Kier molecular flexibility index (Phi) is 6.43. The Balaban J connectivity index is 2.29. The summed E-state index contributed by atoms with van der Waals surface area (Å²) in [5.74, 6) is -0.347. The fraction of sp³-hybridized carbons (Fsp3) is 0.385. The van der Waals surface area contributed by atoms with Gasteiger partial charge in [0.1, 0.15) is 5.75 Å². The van der Waals surface area contributed by atoms with E-state index in [4.69, 9.17) is 9.47 Å². The molecule has 0 N–H and O–H groups in total. The van der Waals surface area contributed by atoms with E-state index in [0.717, 1.165) is 10.9 Å². The summed E-state index contributed by atoms with van der Waals surface area (Å²) >= 11 is 3.28. The van der Waals surface area contributed by atoms with E-state index in [2.05, 4.69) is 15.9 Å². The zero-order chi connectivity index (χ0) is 13.4. The van der Waals surface area contributed by atoms with E-state index in [1.165, 1.54) is 0 Å². The second-order valence-corrected chi connectivity index (χ2v) is 4.56. The molecule has 1 aromatic carbocycles. The summed E-state index contributed by atoms with van der Waals surface area (Å²) in [6, 6.07) is 6.91. The standard InChI is InChI=1S/C13H15BrO4/c1-2-9-17-12(15)7-8-13(16)18-11-5-3-10(14)4-6-11/h3-6H,2,7-9H2,1H3. The lowest BCUT2D eigenvalue weighted by atomic mass is 10.3. The van der Waals surface area contributed by atoms with Crippen LogP contribution in [0.4, 0.5) is 0 Å². The van der Waals surface area contributed by atoms with Crippen molar-refractivity contribution in [1.82, 2.24) is 0 Å². The molecule has 0 saturated carbocycles. The highest BCUT2D eigenvalue weighted by molar-refractivity contribution is 9.10. The van der Waals surface area contributed by atoms with E-state index >= 15 is 0 Å². The van der Waals surface area contributed by atoms with E-state index in [1.807, 2.05) is 6.92 Å². The molecule has 18 heavy (non-hydrogen) atoms. The van der Waals surface area contributed by atoms with Gasteiger partial charge in [-0.05, 0) is 30.7 Å². The van der Waals surface area contributed by atoms with Crippen LogP contribution in [0.5, 0.6) is 5.75 Å². The zero-order valence-corrected chi connectivity index (χ0v) is 11.7. The molecular weight excluding hydrogens is 300 g/mol. The van der Waals surface area contributed by atoms with Crippen molar-refractivity contribution in [2.45, 2.75) is 26.2 Å². The van der Waals surface area contributed by atoms with Crippen LogP contribution in [0, 0.1) is 0 Å². The minimum Gasteiger partial charge on any atom is -0.466 e. The molecule has 0 aliphatic rings. The van der Waals surface area contributed by atoms with Gasteiger partial charge in [-0.15, -0.1) is 0 Å². The number of carbonyl (C=O) groups is 2. The Labute approximate surface area is 114 Å². The third-order valence-corrected chi connectivity index (χ3v) is 2.57. The van der Waals surface area contributed by atoms with E-state index in [-0.39, 0.29) is 18.8 Å². The minimum atomic E-state index is -0.439. The number of hydrogen-bond acceptors (Lipinski definition) is 4. The maximum absolute atomic E-state index is 11.4. The summed E-state index contributed by atoms with van der Waals surface area (Å²) in [6.07, 6.45) is 0.850. The third-order valence-electron chi connectivity index (χ3n) is 2.05. The lowest BCUT2D eigenvalue weighted by Crippen LogP contribution is -2.12. The van der Waals surface area contributed by atoms with Crippen LogP contribution in [0.1, 0.15) is 26.2 Å². The van der Waals surface area contributed by atoms with Crippen molar-refractivity contribution >= 4 is 27.9 Å². The normalized spacial score (nSPS) is 9.89. The van der Waals surface area contributed by atoms with Crippen LogP contribution >= 0.6 is 15.9 Å². The number of rotatable bonds is 6. The monoisotopic (exact) mass is 314 g/mol.